The van der Waals surface area contributed by atoms with Crippen molar-refractivity contribution in [3.05, 3.63) is 29.3 Å². The van der Waals surface area contributed by atoms with Crippen LogP contribution in [0.2, 0.25) is 0 Å². The lowest BCUT2D eigenvalue weighted by Gasteiger charge is -2.14. The van der Waals surface area contributed by atoms with E-state index >= 15 is 0 Å². The first-order valence-corrected chi connectivity index (χ1v) is 5.54. The zero-order valence-corrected chi connectivity index (χ0v) is 9.69. The number of imide groups is 1. The summed E-state index contributed by atoms with van der Waals surface area (Å²) in [5, 5.41) is 2.46. The van der Waals surface area contributed by atoms with E-state index < -0.39 is 0 Å². The van der Waals surface area contributed by atoms with E-state index in [9.17, 15) is 9.59 Å². The summed E-state index contributed by atoms with van der Waals surface area (Å²) in [6.07, 6.45) is 1.06. The van der Waals surface area contributed by atoms with Gasteiger partial charge in [-0.3, -0.25) is 4.79 Å². The molecule has 0 radical (unpaired) electrons. The molecule has 0 spiro atoms. The van der Waals surface area contributed by atoms with Crippen LogP contribution in [0.1, 0.15) is 11.1 Å². The van der Waals surface area contributed by atoms with Gasteiger partial charge in [0.15, 0.2) is 0 Å². The summed E-state index contributed by atoms with van der Waals surface area (Å²) in [5.74, 6) is -0.191. The molecule has 0 fully saturated rings. The summed E-state index contributed by atoms with van der Waals surface area (Å²) in [5.41, 5.74) is 8.15. The minimum Gasteiger partial charge on any atom is -0.340 e. The van der Waals surface area contributed by atoms with Crippen molar-refractivity contribution in [3.63, 3.8) is 0 Å². The van der Waals surface area contributed by atoms with E-state index in [0.717, 1.165) is 17.5 Å². The smallest absolute Gasteiger partial charge is 0.328 e. The van der Waals surface area contributed by atoms with Crippen molar-refractivity contribution in [2.24, 2.45) is 5.73 Å². The molecule has 5 heteroatoms. The number of fused-ring (bicyclic) bond motifs is 1. The van der Waals surface area contributed by atoms with Crippen molar-refractivity contribution in [1.29, 1.82) is 0 Å². The highest BCUT2D eigenvalue weighted by atomic mass is 16.2. The molecule has 1 aliphatic rings. The molecule has 0 bridgehead atoms. The minimum absolute atomic E-state index is 0.191. The Labute approximate surface area is 99.6 Å². The number of rotatable bonds is 2. The fourth-order valence-corrected chi connectivity index (χ4v) is 2.03. The quantitative estimate of drug-likeness (QED) is 0.777. The van der Waals surface area contributed by atoms with E-state index in [1.165, 1.54) is 11.9 Å². The first kappa shape index (κ1) is 11.6. The Hall–Kier alpha value is -1.88. The Morgan fingerprint density at radius 2 is 2.29 bits per heavy atom. The highest BCUT2D eigenvalue weighted by Gasteiger charge is 2.31. The maximum Gasteiger partial charge on any atom is 0.328 e. The molecule has 1 aromatic rings. The number of carbonyl (C=O) groups excluding carboxylic acids is 2. The first-order chi connectivity index (χ1) is 8.17. The number of carbonyl (C=O) groups is 2. The number of urea groups is 1. The summed E-state index contributed by atoms with van der Waals surface area (Å²) in [6, 6.07) is 5.27. The van der Waals surface area contributed by atoms with E-state index in [2.05, 4.69) is 5.32 Å². The number of nitrogens with one attached hydrogen (secondary N) is 1. The van der Waals surface area contributed by atoms with Crippen LogP contribution in [-0.2, 0) is 17.6 Å². The van der Waals surface area contributed by atoms with Gasteiger partial charge in [-0.05, 0) is 30.2 Å². The number of benzene rings is 1. The maximum atomic E-state index is 11.7. The van der Waals surface area contributed by atoms with Crippen molar-refractivity contribution >= 4 is 17.6 Å². The molecular weight excluding hydrogens is 218 g/mol. The Balaban J connectivity index is 2.35. The average Bonchev–Trinajstić information content (AvgIpc) is 2.64. The third kappa shape index (κ3) is 2.01. The first-order valence-electron chi connectivity index (χ1n) is 5.54. The van der Waals surface area contributed by atoms with Gasteiger partial charge in [-0.25, -0.2) is 9.69 Å². The summed E-state index contributed by atoms with van der Waals surface area (Å²) < 4.78 is 0. The summed E-state index contributed by atoms with van der Waals surface area (Å²) >= 11 is 0. The second-order valence-corrected chi connectivity index (χ2v) is 3.96. The van der Waals surface area contributed by atoms with Gasteiger partial charge in [0.2, 0.25) is 5.91 Å². The van der Waals surface area contributed by atoms with E-state index in [1.807, 2.05) is 12.1 Å². The Morgan fingerprint density at radius 3 is 2.94 bits per heavy atom. The van der Waals surface area contributed by atoms with Crippen molar-refractivity contribution in [1.82, 2.24) is 5.32 Å². The molecule has 0 saturated carbocycles. The van der Waals surface area contributed by atoms with E-state index in [4.69, 9.17) is 5.73 Å². The van der Waals surface area contributed by atoms with Crippen LogP contribution in [0.3, 0.4) is 0 Å². The molecular formula is C12H15N3O2. The van der Waals surface area contributed by atoms with Gasteiger partial charge in [0.1, 0.15) is 0 Å². The van der Waals surface area contributed by atoms with Crippen LogP contribution in [0.5, 0.6) is 0 Å². The topological polar surface area (TPSA) is 75.4 Å². The molecule has 17 heavy (non-hydrogen) atoms. The zero-order valence-electron chi connectivity index (χ0n) is 9.69. The van der Waals surface area contributed by atoms with Gasteiger partial charge in [-0.15, -0.1) is 0 Å². The maximum absolute atomic E-state index is 11.7. The van der Waals surface area contributed by atoms with Gasteiger partial charge in [0.25, 0.3) is 0 Å². The number of hydrogen-bond acceptors (Lipinski definition) is 3. The van der Waals surface area contributed by atoms with Crippen LogP contribution < -0.4 is 16.0 Å². The molecule has 0 unspecified atom stereocenters. The molecule has 90 valence electrons. The number of amides is 3. The molecule has 1 aromatic carbocycles. The van der Waals surface area contributed by atoms with Gasteiger partial charge in [0.05, 0.1) is 12.1 Å². The summed E-state index contributed by atoms with van der Waals surface area (Å²) in [6.45, 7) is 0.575. The molecule has 1 heterocycles. The van der Waals surface area contributed by atoms with Crippen LogP contribution in [-0.4, -0.2) is 25.5 Å². The second kappa shape index (κ2) is 4.55. The van der Waals surface area contributed by atoms with Gasteiger partial charge in [-0.1, -0.05) is 12.1 Å². The fourth-order valence-electron chi connectivity index (χ4n) is 2.03. The number of anilines is 1. The lowest BCUT2D eigenvalue weighted by atomic mass is 10.1. The van der Waals surface area contributed by atoms with Crippen LogP contribution in [0, 0.1) is 0 Å². The lowest BCUT2D eigenvalue weighted by Crippen LogP contribution is -2.40. The normalized spacial score (nSPS) is 13.8. The van der Waals surface area contributed by atoms with Crippen molar-refractivity contribution in [2.45, 2.75) is 12.8 Å². The third-order valence-corrected chi connectivity index (χ3v) is 2.83. The molecule has 0 saturated heterocycles. The number of nitrogens with zero attached hydrogens (tertiary/aromatic N) is 1. The molecule has 0 aromatic heterocycles. The predicted octanol–water partition coefficient (Wildman–Crippen LogP) is 0.416. The highest BCUT2D eigenvalue weighted by Crippen LogP contribution is 2.29. The molecule has 0 atom stereocenters. The molecule has 2 rings (SSSR count). The molecule has 0 aliphatic carbocycles. The van der Waals surface area contributed by atoms with Gasteiger partial charge in [0, 0.05) is 7.05 Å². The minimum atomic E-state index is -0.389. The highest BCUT2D eigenvalue weighted by molar-refractivity contribution is 6.18. The Kier molecular flexibility index (Phi) is 3.10. The van der Waals surface area contributed by atoms with E-state index in [-0.39, 0.29) is 18.4 Å². The molecule has 5 nitrogen and oxygen atoms in total. The van der Waals surface area contributed by atoms with Gasteiger partial charge < -0.3 is 11.1 Å². The van der Waals surface area contributed by atoms with Crippen LogP contribution >= 0.6 is 0 Å². The standard InChI is InChI=1S/C12H15N3O2/c1-14-12(17)15-10-3-2-8(4-5-13)6-9(10)7-11(15)16/h2-3,6H,4-5,7,13H2,1H3,(H,14,17). The van der Waals surface area contributed by atoms with E-state index in [1.54, 1.807) is 6.07 Å². The number of nitrogens with two attached hydrogens (primary N) is 1. The molecule has 3 amide bonds. The summed E-state index contributed by atoms with van der Waals surface area (Å²) in [4.78, 5) is 24.5. The lowest BCUT2D eigenvalue weighted by molar-refractivity contribution is -0.116. The second-order valence-electron chi connectivity index (χ2n) is 3.96. The predicted molar refractivity (Wildman–Crippen MR) is 64.8 cm³/mol. The van der Waals surface area contributed by atoms with Gasteiger partial charge in [-0.2, -0.15) is 0 Å². The van der Waals surface area contributed by atoms with Crippen LogP contribution in [0.4, 0.5) is 10.5 Å². The van der Waals surface area contributed by atoms with Gasteiger partial charge >= 0.3 is 6.03 Å². The number of hydrogen-bond donors (Lipinski definition) is 2. The Morgan fingerprint density at radius 1 is 1.53 bits per heavy atom. The Bertz CT molecular complexity index is 471. The third-order valence-electron chi connectivity index (χ3n) is 2.83. The van der Waals surface area contributed by atoms with Crippen molar-refractivity contribution < 1.29 is 9.59 Å². The zero-order chi connectivity index (χ0) is 12.4. The average molecular weight is 233 g/mol. The molecule has 3 N–H and O–H groups in total. The molecule has 1 aliphatic heterocycles. The van der Waals surface area contributed by atoms with Crippen molar-refractivity contribution in [2.75, 3.05) is 18.5 Å². The van der Waals surface area contributed by atoms with Crippen LogP contribution in [0.25, 0.3) is 0 Å². The van der Waals surface area contributed by atoms with Crippen LogP contribution in [0.15, 0.2) is 18.2 Å². The van der Waals surface area contributed by atoms with E-state index in [0.29, 0.717) is 12.2 Å². The monoisotopic (exact) mass is 233 g/mol. The SMILES string of the molecule is CNC(=O)N1C(=O)Cc2cc(CCN)ccc21. The van der Waals surface area contributed by atoms with Crippen molar-refractivity contribution in [3.8, 4) is 0 Å². The largest absolute Gasteiger partial charge is 0.340 e. The summed E-state index contributed by atoms with van der Waals surface area (Å²) in [7, 11) is 1.51. The fraction of sp³-hybridized carbons (Fsp3) is 0.333.